The van der Waals surface area contributed by atoms with E-state index in [-0.39, 0.29) is 5.69 Å². The van der Waals surface area contributed by atoms with Crippen LogP contribution in [0.3, 0.4) is 0 Å². The van der Waals surface area contributed by atoms with Crippen LogP contribution in [0.25, 0.3) is 0 Å². The van der Waals surface area contributed by atoms with Crippen molar-refractivity contribution in [3.63, 3.8) is 0 Å². The van der Waals surface area contributed by atoms with Crippen molar-refractivity contribution in [1.82, 2.24) is 4.98 Å². The Bertz CT molecular complexity index is 1470. The second-order valence-corrected chi connectivity index (χ2v) is 10.0. The summed E-state index contributed by atoms with van der Waals surface area (Å²) in [6.45, 7) is 14.6. The van der Waals surface area contributed by atoms with E-state index in [1.54, 1.807) is 19.2 Å². The zero-order chi connectivity index (χ0) is 34.4. The highest BCUT2D eigenvalue weighted by Crippen LogP contribution is 2.38. The topological polar surface area (TPSA) is 42.0 Å². The van der Waals surface area contributed by atoms with Crippen molar-refractivity contribution in [2.24, 2.45) is 0 Å². The molecule has 4 rings (SSSR count). The molecular formula is C36H42F6N2O. The van der Waals surface area contributed by atoms with E-state index in [0.717, 1.165) is 29.0 Å². The van der Waals surface area contributed by atoms with Crippen LogP contribution in [0.15, 0.2) is 91.1 Å². The molecule has 0 saturated heterocycles. The number of aryl methyl sites for hydroxylation is 2. The van der Waals surface area contributed by atoms with Gasteiger partial charge in [0.25, 0.3) is 0 Å². The van der Waals surface area contributed by atoms with E-state index in [0.29, 0.717) is 17.5 Å². The Morgan fingerprint density at radius 2 is 1.29 bits per heavy atom. The molecule has 0 bridgehead atoms. The quantitative estimate of drug-likeness (QED) is 0.223. The monoisotopic (exact) mass is 632 g/mol. The van der Waals surface area contributed by atoms with E-state index >= 15 is 0 Å². The molecule has 0 aliphatic carbocycles. The Kier molecular flexibility index (Phi) is 15.0. The lowest BCUT2D eigenvalue weighted by atomic mass is 9.74. The maximum atomic E-state index is 13.2. The zero-order valence-electron chi connectivity index (χ0n) is 27.0. The molecular weight excluding hydrogens is 590 g/mol. The normalized spacial score (nSPS) is 12.1. The Labute approximate surface area is 262 Å². The number of carbonyl (C=O) groups is 1. The summed E-state index contributed by atoms with van der Waals surface area (Å²) in [6, 6.07) is 22.9. The van der Waals surface area contributed by atoms with Gasteiger partial charge >= 0.3 is 12.4 Å². The van der Waals surface area contributed by atoms with Gasteiger partial charge in [-0.05, 0) is 68.1 Å². The van der Waals surface area contributed by atoms with Crippen molar-refractivity contribution in [2.75, 3.05) is 5.32 Å². The summed E-state index contributed by atoms with van der Waals surface area (Å²) in [5, 5.41) is 2.15. The van der Waals surface area contributed by atoms with E-state index in [4.69, 9.17) is 0 Å². The van der Waals surface area contributed by atoms with Gasteiger partial charge in [-0.25, -0.2) is 0 Å². The molecule has 1 heterocycles. The summed E-state index contributed by atoms with van der Waals surface area (Å²) >= 11 is 0. The number of nitrogens with one attached hydrogen (secondary N) is 1. The number of halogens is 6. The highest BCUT2D eigenvalue weighted by atomic mass is 19.4. The predicted octanol–water partition coefficient (Wildman–Crippen LogP) is 11.0. The molecule has 0 spiro atoms. The molecule has 0 aliphatic heterocycles. The highest BCUT2D eigenvalue weighted by molar-refractivity contribution is 5.89. The number of anilines is 1. The Morgan fingerprint density at radius 3 is 1.80 bits per heavy atom. The molecule has 45 heavy (non-hydrogen) atoms. The van der Waals surface area contributed by atoms with E-state index < -0.39 is 34.8 Å². The van der Waals surface area contributed by atoms with Gasteiger partial charge in [0.1, 0.15) is 0 Å². The van der Waals surface area contributed by atoms with Crippen molar-refractivity contribution in [3.05, 3.63) is 130 Å². The summed E-state index contributed by atoms with van der Waals surface area (Å²) in [6.07, 6.45) is -6.51. The molecule has 3 nitrogen and oxygen atoms in total. The number of hydrogen-bond donors (Lipinski definition) is 1. The van der Waals surface area contributed by atoms with Crippen LogP contribution in [-0.2, 0) is 29.0 Å². The number of amides is 1. The first-order valence-corrected chi connectivity index (χ1v) is 14.7. The number of alkyl halides is 6. The van der Waals surface area contributed by atoms with Crippen LogP contribution in [0, 0.1) is 13.8 Å². The van der Waals surface area contributed by atoms with Crippen LogP contribution in [0.4, 0.5) is 32.0 Å². The minimum atomic E-state index is -4.45. The van der Waals surface area contributed by atoms with Crippen LogP contribution in [0.2, 0.25) is 0 Å². The number of rotatable bonds is 5. The van der Waals surface area contributed by atoms with Crippen LogP contribution >= 0.6 is 0 Å². The molecule has 1 atom stereocenters. The molecule has 3 aromatic carbocycles. The van der Waals surface area contributed by atoms with Crippen LogP contribution in [0.1, 0.15) is 80.6 Å². The van der Waals surface area contributed by atoms with E-state index in [9.17, 15) is 31.1 Å². The number of hydrogen-bond acceptors (Lipinski definition) is 2. The standard InChI is InChI=1S/C22H20F3N.C10H10F3NO.2C2H6/c1-16-11-12-20(26-15-16)21(2,14-17-7-4-3-5-8-17)18-9-6-10-19(13-18)22(23,24)25;1-6-3-4-9(14-7(2)15)8(5-6)10(11,12)13;2*1-2/h3-13,15H,14H2,1-2H3;3-5H,1-2H3,(H,14,15);2*1-2H3. The molecule has 4 aromatic rings. The summed E-state index contributed by atoms with van der Waals surface area (Å²) in [4.78, 5) is 15.2. The van der Waals surface area contributed by atoms with Gasteiger partial charge < -0.3 is 5.32 Å². The number of aromatic nitrogens is 1. The Morgan fingerprint density at radius 1 is 0.711 bits per heavy atom. The maximum absolute atomic E-state index is 13.2. The fraction of sp³-hybridized carbons (Fsp3) is 0.333. The van der Waals surface area contributed by atoms with Crippen molar-refractivity contribution in [1.29, 1.82) is 0 Å². The van der Waals surface area contributed by atoms with Gasteiger partial charge in [0.15, 0.2) is 0 Å². The summed E-state index contributed by atoms with van der Waals surface area (Å²) in [5.41, 5.74) is 1.58. The third-order valence-corrected chi connectivity index (χ3v) is 6.50. The van der Waals surface area contributed by atoms with Crippen molar-refractivity contribution < 1.29 is 31.1 Å². The lowest BCUT2D eigenvalue weighted by molar-refractivity contribution is -0.138. The molecule has 1 amide bonds. The first-order chi connectivity index (χ1) is 21.1. The number of benzene rings is 3. The molecule has 1 aromatic heterocycles. The Hall–Kier alpha value is -4.14. The molecule has 0 aliphatic rings. The van der Waals surface area contributed by atoms with E-state index in [1.165, 1.54) is 31.2 Å². The van der Waals surface area contributed by atoms with Gasteiger partial charge in [0.2, 0.25) is 5.91 Å². The zero-order valence-corrected chi connectivity index (χ0v) is 27.0. The third kappa shape index (κ3) is 11.7. The lowest BCUT2D eigenvalue weighted by Gasteiger charge is -2.31. The maximum Gasteiger partial charge on any atom is 0.418 e. The number of nitrogens with zero attached hydrogens (tertiary/aromatic N) is 1. The van der Waals surface area contributed by atoms with Gasteiger partial charge in [-0.3, -0.25) is 9.78 Å². The van der Waals surface area contributed by atoms with Gasteiger partial charge in [-0.15, -0.1) is 0 Å². The van der Waals surface area contributed by atoms with Gasteiger partial charge in [0.05, 0.1) is 22.5 Å². The van der Waals surface area contributed by atoms with Crippen LogP contribution in [-0.4, -0.2) is 10.9 Å². The van der Waals surface area contributed by atoms with Crippen molar-refractivity contribution in [2.45, 2.75) is 79.6 Å². The predicted molar refractivity (Wildman–Crippen MR) is 170 cm³/mol. The van der Waals surface area contributed by atoms with Crippen molar-refractivity contribution in [3.8, 4) is 0 Å². The smallest absolute Gasteiger partial charge is 0.326 e. The highest BCUT2D eigenvalue weighted by Gasteiger charge is 2.36. The van der Waals surface area contributed by atoms with E-state index in [2.05, 4.69) is 10.3 Å². The summed E-state index contributed by atoms with van der Waals surface area (Å²) in [7, 11) is 0. The largest absolute Gasteiger partial charge is 0.418 e. The number of carbonyl (C=O) groups excluding carboxylic acids is 1. The fourth-order valence-electron chi connectivity index (χ4n) is 4.37. The minimum Gasteiger partial charge on any atom is -0.326 e. The minimum absolute atomic E-state index is 0.208. The molecule has 0 fully saturated rings. The van der Waals surface area contributed by atoms with E-state index in [1.807, 2.05) is 84.0 Å². The average molecular weight is 633 g/mol. The molecule has 244 valence electrons. The second kappa shape index (κ2) is 17.4. The molecule has 1 unspecified atom stereocenters. The Balaban J connectivity index is 0.000000455. The SMILES string of the molecule is CC.CC.CC(=O)Nc1ccc(C)cc1C(F)(F)F.Cc1ccc(C(C)(Cc2ccccc2)c2cccc(C(F)(F)F)c2)nc1. The van der Waals surface area contributed by atoms with Crippen LogP contribution in [0.5, 0.6) is 0 Å². The first-order valence-electron chi connectivity index (χ1n) is 14.7. The first kappa shape index (κ1) is 38.9. The molecule has 0 radical (unpaired) electrons. The average Bonchev–Trinajstić information content (AvgIpc) is 3.00. The fourth-order valence-corrected chi connectivity index (χ4v) is 4.37. The van der Waals surface area contributed by atoms with Gasteiger partial charge in [-0.1, -0.05) is 93.9 Å². The molecule has 0 saturated carbocycles. The van der Waals surface area contributed by atoms with Gasteiger partial charge in [0, 0.05) is 18.5 Å². The lowest BCUT2D eigenvalue weighted by Crippen LogP contribution is -2.28. The van der Waals surface area contributed by atoms with Gasteiger partial charge in [-0.2, -0.15) is 26.3 Å². The second-order valence-electron chi connectivity index (χ2n) is 10.0. The molecule has 1 N–H and O–H groups in total. The van der Waals surface area contributed by atoms with Crippen LogP contribution < -0.4 is 5.32 Å². The summed E-state index contributed by atoms with van der Waals surface area (Å²) in [5.74, 6) is -0.524. The molecule has 9 heteroatoms. The van der Waals surface area contributed by atoms with Crippen molar-refractivity contribution >= 4 is 11.6 Å². The number of pyridine rings is 1. The summed E-state index contributed by atoms with van der Waals surface area (Å²) < 4.78 is 77.3. The third-order valence-electron chi connectivity index (χ3n) is 6.50.